The maximum atomic E-state index is 13.5. The number of halogens is 1. The predicted molar refractivity (Wildman–Crippen MR) is 85.0 cm³/mol. The molecule has 2 aromatic rings. The van der Waals surface area contributed by atoms with E-state index in [1.807, 2.05) is 20.9 Å². The van der Waals surface area contributed by atoms with Gasteiger partial charge < -0.3 is 5.32 Å². The Kier molecular flexibility index (Phi) is 3.81. The van der Waals surface area contributed by atoms with Crippen LogP contribution in [0.2, 0.25) is 0 Å². The average molecular weight is 283 g/mol. The summed E-state index contributed by atoms with van der Waals surface area (Å²) in [6, 6.07) is 14.3. The Morgan fingerprint density at radius 3 is 2.29 bits per heavy atom. The standard InChI is InChI=1S/C19H22FN/c1-12-9-15(20)10-13(2)18(12)19(21-3)17-11-16(17)14-7-5-4-6-8-14/h4-10,16-17,19,21H,11H2,1-3H3. The van der Waals surface area contributed by atoms with Crippen LogP contribution in [0.4, 0.5) is 4.39 Å². The average Bonchev–Trinajstić information content (AvgIpc) is 3.23. The van der Waals surface area contributed by atoms with Crippen molar-refractivity contribution in [3.63, 3.8) is 0 Å². The number of aryl methyl sites for hydroxylation is 2. The Balaban J connectivity index is 1.88. The summed E-state index contributed by atoms with van der Waals surface area (Å²) < 4.78 is 13.5. The molecule has 1 fully saturated rings. The third kappa shape index (κ3) is 2.73. The van der Waals surface area contributed by atoms with Crippen LogP contribution in [-0.4, -0.2) is 7.05 Å². The van der Waals surface area contributed by atoms with Gasteiger partial charge in [-0.15, -0.1) is 0 Å². The van der Waals surface area contributed by atoms with E-state index in [2.05, 4.69) is 35.6 Å². The van der Waals surface area contributed by atoms with E-state index in [-0.39, 0.29) is 5.82 Å². The number of hydrogen-bond donors (Lipinski definition) is 1. The molecule has 0 aliphatic heterocycles. The van der Waals surface area contributed by atoms with Gasteiger partial charge in [0, 0.05) is 6.04 Å². The fourth-order valence-electron chi connectivity index (χ4n) is 3.65. The van der Waals surface area contributed by atoms with Crippen molar-refractivity contribution in [2.45, 2.75) is 32.2 Å². The fourth-order valence-corrected chi connectivity index (χ4v) is 3.65. The van der Waals surface area contributed by atoms with Gasteiger partial charge in [-0.2, -0.15) is 0 Å². The van der Waals surface area contributed by atoms with Crippen molar-refractivity contribution >= 4 is 0 Å². The number of hydrogen-bond acceptors (Lipinski definition) is 1. The molecule has 0 bridgehead atoms. The first-order valence-electron chi connectivity index (χ1n) is 7.60. The first-order chi connectivity index (χ1) is 10.1. The Hall–Kier alpha value is -1.67. The maximum absolute atomic E-state index is 13.5. The number of nitrogens with one attached hydrogen (secondary N) is 1. The molecule has 0 saturated heterocycles. The Labute approximate surface area is 126 Å². The molecule has 2 aromatic carbocycles. The molecule has 21 heavy (non-hydrogen) atoms. The Morgan fingerprint density at radius 1 is 1.10 bits per heavy atom. The van der Waals surface area contributed by atoms with Crippen LogP contribution in [0.15, 0.2) is 42.5 Å². The van der Waals surface area contributed by atoms with Crippen LogP contribution in [0.3, 0.4) is 0 Å². The summed E-state index contributed by atoms with van der Waals surface area (Å²) in [5.74, 6) is 1.08. The lowest BCUT2D eigenvalue weighted by molar-refractivity contribution is 0.511. The summed E-state index contributed by atoms with van der Waals surface area (Å²) in [5.41, 5.74) is 4.78. The van der Waals surface area contributed by atoms with Gasteiger partial charge in [-0.3, -0.25) is 0 Å². The van der Waals surface area contributed by atoms with Crippen molar-refractivity contribution in [2.75, 3.05) is 7.05 Å². The van der Waals surface area contributed by atoms with Gasteiger partial charge in [0.05, 0.1) is 0 Å². The second-order valence-electron chi connectivity index (χ2n) is 6.14. The van der Waals surface area contributed by atoms with Gasteiger partial charge in [0.2, 0.25) is 0 Å². The third-order valence-corrected chi connectivity index (χ3v) is 4.68. The van der Waals surface area contributed by atoms with Gasteiger partial charge in [0.25, 0.3) is 0 Å². The van der Waals surface area contributed by atoms with Gasteiger partial charge in [0.15, 0.2) is 0 Å². The van der Waals surface area contributed by atoms with E-state index in [0.717, 1.165) is 11.1 Å². The van der Waals surface area contributed by atoms with E-state index in [4.69, 9.17) is 0 Å². The molecule has 3 rings (SSSR count). The molecule has 1 aliphatic carbocycles. The molecule has 1 nitrogen and oxygen atoms in total. The largest absolute Gasteiger partial charge is 0.313 e. The molecular formula is C19H22FN. The molecule has 0 amide bonds. The molecule has 110 valence electrons. The minimum Gasteiger partial charge on any atom is -0.313 e. The maximum Gasteiger partial charge on any atom is 0.123 e. The normalized spacial score (nSPS) is 22.1. The molecule has 2 heteroatoms. The molecule has 0 heterocycles. The lowest BCUT2D eigenvalue weighted by Crippen LogP contribution is -2.21. The van der Waals surface area contributed by atoms with Gasteiger partial charge in [0.1, 0.15) is 5.82 Å². The molecule has 0 aromatic heterocycles. The predicted octanol–water partition coefficient (Wildman–Crippen LogP) is 4.51. The molecule has 1 N–H and O–H groups in total. The topological polar surface area (TPSA) is 12.0 Å². The summed E-state index contributed by atoms with van der Waals surface area (Å²) in [7, 11) is 2.01. The van der Waals surface area contributed by atoms with Crippen LogP contribution in [0.25, 0.3) is 0 Å². The summed E-state index contributed by atoms with van der Waals surface area (Å²) in [6.45, 7) is 4.02. The van der Waals surface area contributed by atoms with Gasteiger partial charge >= 0.3 is 0 Å². The highest BCUT2D eigenvalue weighted by atomic mass is 19.1. The third-order valence-electron chi connectivity index (χ3n) is 4.68. The van der Waals surface area contributed by atoms with E-state index < -0.39 is 0 Å². The van der Waals surface area contributed by atoms with Crippen molar-refractivity contribution < 1.29 is 4.39 Å². The van der Waals surface area contributed by atoms with Crippen LogP contribution >= 0.6 is 0 Å². The summed E-state index contributed by atoms with van der Waals surface area (Å²) in [4.78, 5) is 0. The Bertz CT molecular complexity index is 612. The number of benzene rings is 2. The van der Waals surface area contributed by atoms with Gasteiger partial charge in [-0.25, -0.2) is 4.39 Å². The van der Waals surface area contributed by atoms with Crippen LogP contribution in [-0.2, 0) is 0 Å². The van der Waals surface area contributed by atoms with E-state index in [1.165, 1.54) is 17.5 Å². The minimum absolute atomic E-state index is 0.140. The molecular weight excluding hydrogens is 261 g/mol. The van der Waals surface area contributed by atoms with Crippen LogP contribution in [0, 0.1) is 25.6 Å². The van der Waals surface area contributed by atoms with Gasteiger partial charge in [-0.1, -0.05) is 30.3 Å². The van der Waals surface area contributed by atoms with Crippen molar-refractivity contribution in [2.24, 2.45) is 5.92 Å². The van der Waals surface area contributed by atoms with E-state index in [1.54, 1.807) is 12.1 Å². The zero-order chi connectivity index (χ0) is 15.0. The first kappa shape index (κ1) is 14.3. The van der Waals surface area contributed by atoms with Crippen LogP contribution < -0.4 is 5.32 Å². The summed E-state index contributed by atoms with van der Waals surface area (Å²) in [5, 5.41) is 3.46. The lowest BCUT2D eigenvalue weighted by atomic mass is 9.91. The Morgan fingerprint density at radius 2 is 1.71 bits per heavy atom. The molecule has 0 radical (unpaired) electrons. The lowest BCUT2D eigenvalue weighted by Gasteiger charge is -2.22. The molecule has 3 atom stereocenters. The minimum atomic E-state index is -0.140. The highest BCUT2D eigenvalue weighted by molar-refractivity contribution is 5.40. The van der Waals surface area contributed by atoms with Crippen molar-refractivity contribution in [1.29, 1.82) is 0 Å². The van der Waals surface area contributed by atoms with Crippen molar-refractivity contribution in [3.05, 3.63) is 70.5 Å². The van der Waals surface area contributed by atoms with E-state index in [0.29, 0.717) is 17.9 Å². The second-order valence-corrected chi connectivity index (χ2v) is 6.14. The highest BCUT2D eigenvalue weighted by Crippen LogP contribution is 2.54. The van der Waals surface area contributed by atoms with Crippen molar-refractivity contribution in [1.82, 2.24) is 5.32 Å². The zero-order valence-corrected chi connectivity index (χ0v) is 12.9. The fraction of sp³-hybridized carbons (Fsp3) is 0.368. The number of rotatable bonds is 4. The second kappa shape index (κ2) is 5.61. The SMILES string of the molecule is CNC(c1c(C)cc(F)cc1C)C1CC1c1ccccc1. The smallest absolute Gasteiger partial charge is 0.123 e. The van der Waals surface area contributed by atoms with E-state index >= 15 is 0 Å². The van der Waals surface area contributed by atoms with Crippen LogP contribution in [0.5, 0.6) is 0 Å². The molecule has 0 spiro atoms. The summed E-state index contributed by atoms with van der Waals surface area (Å²) >= 11 is 0. The van der Waals surface area contributed by atoms with Gasteiger partial charge in [-0.05, 0) is 73.5 Å². The monoisotopic (exact) mass is 283 g/mol. The molecule has 1 aliphatic rings. The highest BCUT2D eigenvalue weighted by Gasteiger charge is 2.44. The van der Waals surface area contributed by atoms with E-state index in [9.17, 15) is 4.39 Å². The summed E-state index contributed by atoms with van der Waals surface area (Å²) in [6.07, 6.45) is 1.20. The van der Waals surface area contributed by atoms with Crippen molar-refractivity contribution in [3.8, 4) is 0 Å². The zero-order valence-electron chi connectivity index (χ0n) is 12.9. The molecule has 3 unspecified atom stereocenters. The van der Waals surface area contributed by atoms with Crippen LogP contribution in [0.1, 0.15) is 40.6 Å². The first-order valence-corrected chi connectivity index (χ1v) is 7.60. The molecule has 1 saturated carbocycles. The quantitative estimate of drug-likeness (QED) is 0.870.